The summed E-state index contributed by atoms with van der Waals surface area (Å²) in [7, 11) is 0. The quantitative estimate of drug-likeness (QED) is 0.224. The molecule has 1 N–H and O–H groups in total. The number of aliphatic carboxylic acids is 1. The first kappa shape index (κ1) is 25.5. The van der Waals surface area contributed by atoms with E-state index in [1.807, 2.05) is 24.3 Å². The molecule has 166 valence electrons. The zero-order chi connectivity index (χ0) is 21.0. The van der Waals surface area contributed by atoms with Gasteiger partial charge in [-0.1, -0.05) is 121 Å². The van der Waals surface area contributed by atoms with Crippen LogP contribution in [0.4, 0.5) is 0 Å². The Balaban J connectivity index is 1.86. The number of unbranched alkanes of at least 4 members (excludes halogenated alkanes) is 15. The van der Waals surface area contributed by atoms with E-state index >= 15 is 0 Å². The van der Waals surface area contributed by atoms with Crippen LogP contribution in [0, 0.1) is 0 Å². The summed E-state index contributed by atoms with van der Waals surface area (Å²) in [6.07, 6.45) is 21.8. The summed E-state index contributed by atoms with van der Waals surface area (Å²) >= 11 is 0. The molecule has 0 bridgehead atoms. The first-order valence-corrected chi connectivity index (χ1v) is 12.2. The second-order valence-corrected chi connectivity index (χ2v) is 8.33. The van der Waals surface area contributed by atoms with Crippen LogP contribution in [-0.2, 0) is 11.2 Å². The summed E-state index contributed by atoms with van der Waals surface area (Å²) < 4.78 is 5.79. The van der Waals surface area contributed by atoms with Crippen LogP contribution >= 0.6 is 0 Å². The predicted octanol–water partition coefficient (Wildman–Crippen LogP) is 7.95. The molecule has 0 heterocycles. The van der Waals surface area contributed by atoms with Gasteiger partial charge in [0.25, 0.3) is 0 Å². The molecular formula is C26H44O3. The highest BCUT2D eigenvalue weighted by Gasteiger charge is 2.06. The van der Waals surface area contributed by atoms with Crippen molar-refractivity contribution < 1.29 is 14.6 Å². The van der Waals surface area contributed by atoms with Gasteiger partial charge >= 0.3 is 5.97 Å². The molecule has 0 saturated carbocycles. The summed E-state index contributed by atoms with van der Waals surface area (Å²) in [4.78, 5) is 10.9. The Bertz CT molecular complexity index is 512. The second kappa shape index (κ2) is 18.5. The molecule has 0 saturated heterocycles. The van der Waals surface area contributed by atoms with Crippen LogP contribution in [-0.4, -0.2) is 17.7 Å². The normalized spacial score (nSPS) is 10.9. The van der Waals surface area contributed by atoms with Gasteiger partial charge in [0, 0.05) is 5.56 Å². The van der Waals surface area contributed by atoms with Crippen LogP contribution in [0.1, 0.15) is 115 Å². The Morgan fingerprint density at radius 1 is 0.724 bits per heavy atom. The smallest absolute Gasteiger partial charge is 0.307 e. The van der Waals surface area contributed by atoms with Gasteiger partial charge in [0.05, 0.1) is 13.0 Å². The van der Waals surface area contributed by atoms with Crippen molar-refractivity contribution in [3.05, 3.63) is 29.8 Å². The third-order valence-corrected chi connectivity index (χ3v) is 5.57. The lowest BCUT2D eigenvalue weighted by atomic mass is 10.0. The standard InChI is InChI=1S/C26H44O3/c1-2-3-4-5-6-7-8-9-10-11-12-13-14-15-16-19-22-29-25-21-18-17-20-24(25)23-26(27)28/h17-18,20-21H,2-16,19,22-23H2,1H3,(H,27,28). The zero-order valence-corrected chi connectivity index (χ0v) is 18.8. The monoisotopic (exact) mass is 404 g/mol. The summed E-state index contributed by atoms with van der Waals surface area (Å²) in [5, 5.41) is 8.96. The summed E-state index contributed by atoms with van der Waals surface area (Å²) in [6.45, 7) is 2.95. The highest BCUT2D eigenvalue weighted by atomic mass is 16.5. The molecule has 0 spiro atoms. The molecule has 29 heavy (non-hydrogen) atoms. The van der Waals surface area contributed by atoms with Gasteiger partial charge in [0.1, 0.15) is 5.75 Å². The summed E-state index contributed by atoms with van der Waals surface area (Å²) in [6, 6.07) is 7.45. The number of carboxylic acids is 1. The maximum absolute atomic E-state index is 10.9. The molecule has 3 nitrogen and oxygen atoms in total. The van der Waals surface area contributed by atoms with Crippen molar-refractivity contribution in [1.82, 2.24) is 0 Å². The molecule has 3 heteroatoms. The van der Waals surface area contributed by atoms with E-state index < -0.39 is 5.97 Å². The first-order valence-electron chi connectivity index (χ1n) is 12.2. The van der Waals surface area contributed by atoms with E-state index in [0.29, 0.717) is 6.61 Å². The molecule has 0 aliphatic carbocycles. The average Bonchev–Trinajstić information content (AvgIpc) is 2.71. The van der Waals surface area contributed by atoms with Gasteiger partial charge in [-0.3, -0.25) is 4.79 Å². The van der Waals surface area contributed by atoms with Gasteiger partial charge in [-0.25, -0.2) is 0 Å². The van der Waals surface area contributed by atoms with Gasteiger partial charge in [0.15, 0.2) is 0 Å². The lowest BCUT2D eigenvalue weighted by Gasteiger charge is -2.10. The highest BCUT2D eigenvalue weighted by molar-refractivity contribution is 5.71. The third kappa shape index (κ3) is 15.1. The van der Waals surface area contributed by atoms with E-state index in [9.17, 15) is 4.79 Å². The van der Waals surface area contributed by atoms with Crippen molar-refractivity contribution in [2.75, 3.05) is 6.61 Å². The maximum atomic E-state index is 10.9. The number of benzene rings is 1. The van der Waals surface area contributed by atoms with Crippen molar-refractivity contribution >= 4 is 5.97 Å². The molecule has 0 amide bonds. The van der Waals surface area contributed by atoms with Crippen molar-refractivity contribution in [3.63, 3.8) is 0 Å². The fourth-order valence-electron chi connectivity index (χ4n) is 3.79. The number of carboxylic acid groups (broad SMARTS) is 1. The Labute approximate surface area is 179 Å². The van der Waals surface area contributed by atoms with E-state index in [2.05, 4.69) is 6.92 Å². The fourth-order valence-corrected chi connectivity index (χ4v) is 3.79. The second-order valence-electron chi connectivity index (χ2n) is 8.33. The Hall–Kier alpha value is -1.51. The number of hydrogen-bond donors (Lipinski definition) is 1. The SMILES string of the molecule is CCCCCCCCCCCCCCCCCCOc1ccccc1CC(=O)O. The van der Waals surface area contributed by atoms with Gasteiger partial charge in [-0.05, 0) is 12.5 Å². The van der Waals surface area contributed by atoms with Gasteiger partial charge in [-0.2, -0.15) is 0 Å². The van der Waals surface area contributed by atoms with E-state index in [1.54, 1.807) is 0 Å². The summed E-state index contributed by atoms with van der Waals surface area (Å²) in [5.41, 5.74) is 0.761. The Morgan fingerprint density at radius 2 is 1.17 bits per heavy atom. The van der Waals surface area contributed by atoms with Crippen molar-refractivity contribution in [3.8, 4) is 5.75 Å². The molecular weight excluding hydrogens is 360 g/mol. The first-order chi connectivity index (χ1) is 14.2. The topological polar surface area (TPSA) is 46.5 Å². The molecule has 0 aromatic heterocycles. The maximum Gasteiger partial charge on any atom is 0.307 e. The average molecular weight is 405 g/mol. The molecule has 0 unspecified atom stereocenters. The van der Waals surface area contributed by atoms with Gasteiger partial charge < -0.3 is 9.84 Å². The van der Waals surface area contributed by atoms with Gasteiger partial charge in [-0.15, -0.1) is 0 Å². The zero-order valence-electron chi connectivity index (χ0n) is 18.8. The van der Waals surface area contributed by atoms with Crippen LogP contribution in [0.3, 0.4) is 0 Å². The number of rotatable bonds is 20. The molecule has 0 radical (unpaired) electrons. The third-order valence-electron chi connectivity index (χ3n) is 5.57. The lowest BCUT2D eigenvalue weighted by Crippen LogP contribution is -2.04. The lowest BCUT2D eigenvalue weighted by molar-refractivity contribution is -0.136. The molecule has 0 aliphatic rings. The minimum absolute atomic E-state index is 0.0229. The number of para-hydroxylation sites is 1. The Kier molecular flexibility index (Phi) is 16.3. The molecule has 1 aromatic rings. The molecule has 1 aromatic carbocycles. The van der Waals surface area contributed by atoms with Gasteiger partial charge in [0.2, 0.25) is 0 Å². The van der Waals surface area contributed by atoms with E-state index in [1.165, 1.54) is 96.3 Å². The summed E-state index contributed by atoms with van der Waals surface area (Å²) in [5.74, 6) is -0.0979. The van der Waals surface area contributed by atoms with Crippen LogP contribution in [0.25, 0.3) is 0 Å². The fraction of sp³-hybridized carbons (Fsp3) is 0.731. The van der Waals surface area contributed by atoms with Crippen molar-refractivity contribution in [2.45, 2.75) is 116 Å². The van der Waals surface area contributed by atoms with E-state index in [4.69, 9.17) is 9.84 Å². The van der Waals surface area contributed by atoms with Crippen LogP contribution in [0.2, 0.25) is 0 Å². The van der Waals surface area contributed by atoms with E-state index in [-0.39, 0.29) is 6.42 Å². The molecule has 1 rings (SSSR count). The Morgan fingerprint density at radius 3 is 1.66 bits per heavy atom. The van der Waals surface area contributed by atoms with Crippen LogP contribution in [0.5, 0.6) is 5.75 Å². The molecule has 0 atom stereocenters. The van der Waals surface area contributed by atoms with Crippen LogP contribution in [0.15, 0.2) is 24.3 Å². The van der Waals surface area contributed by atoms with Crippen LogP contribution < -0.4 is 4.74 Å². The largest absolute Gasteiger partial charge is 0.493 e. The van der Waals surface area contributed by atoms with Crippen molar-refractivity contribution in [2.24, 2.45) is 0 Å². The van der Waals surface area contributed by atoms with E-state index in [0.717, 1.165) is 17.7 Å². The minimum atomic E-state index is -0.816. The number of hydrogen-bond acceptors (Lipinski definition) is 2. The predicted molar refractivity (Wildman–Crippen MR) is 123 cm³/mol. The molecule has 0 fully saturated rings. The minimum Gasteiger partial charge on any atom is -0.493 e. The van der Waals surface area contributed by atoms with Crippen molar-refractivity contribution in [1.29, 1.82) is 0 Å². The molecule has 0 aliphatic heterocycles. The number of carbonyl (C=O) groups is 1. The number of ether oxygens (including phenoxy) is 1. The highest BCUT2D eigenvalue weighted by Crippen LogP contribution is 2.19.